The summed E-state index contributed by atoms with van der Waals surface area (Å²) in [4.78, 5) is 58.4. The van der Waals surface area contributed by atoms with Crippen LogP contribution >= 0.6 is 11.6 Å². The molecule has 1 saturated heterocycles. The van der Waals surface area contributed by atoms with Gasteiger partial charge in [0.2, 0.25) is 5.88 Å². The Kier molecular flexibility index (Phi) is 16.2. The van der Waals surface area contributed by atoms with Crippen LogP contribution in [0, 0.1) is 12.8 Å². The minimum absolute atomic E-state index is 0.151. The maximum absolute atomic E-state index is 14.6. The molecule has 8 rings (SSSR count). The van der Waals surface area contributed by atoms with Gasteiger partial charge in [-0.15, -0.1) is 0 Å². The number of piperazine rings is 1. The number of nitrogen functional groups attached to an aromatic ring is 1. The van der Waals surface area contributed by atoms with E-state index in [9.17, 15) is 14.4 Å². The molecule has 1 atom stereocenters. The van der Waals surface area contributed by atoms with Crippen molar-refractivity contribution in [3.05, 3.63) is 171 Å². The predicted octanol–water partition coefficient (Wildman–Crippen LogP) is 8.66. The number of rotatable bonds is 20. The number of benzene rings is 5. The van der Waals surface area contributed by atoms with Crippen LogP contribution in [0.25, 0.3) is 21.7 Å². The lowest BCUT2D eigenvalue weighted by Gasteiger charge is -2.35. The Bertz CT molecular complexity index is 2900. The van der Waals surface area contributed by atoms with Crippen LogP contribution in [0.3, 0.4) is 0 Å². The summed E-state index contributed by atoms with van der Waals surface area (Å²) in [5.41, 5.74) is 10.2. The summed E-state index contributed by atoms with van der Waals surface area (Å²) in [5.74, 6) is 1.03. The molecule has 1 aliphatic rings. The number of hydrogen-bond acceptors (Lipinski definition) is 10. The topological polar surface area (TPSA) is 148 Å². The minimum Gasteiger partial charge on any atom is -0.490 e. The first kappa shape index (κ1) is 48.6. The molecule has 3 N–H and O–H groups in total. The summed E-state index contributed by atoms with van der Waals surface area (Å²) in [5, 5.41) is 6.03. The van der Waals surface area contributed by atoms with Crippen LogP contribution in [-0.4, -0.2) is 107 Å². The second-order valence-electron chi connectivity index (χ2n) is 18.0. The van der Waals surface area contributed by atoms with Crippen molar-refractivity contribution < 1.29 is 19.1 Å². The van der Waals surface area contributed by atoms with E-state index in [1.165, 1.54) is 6.20 Å². The molecule has 0 spiro atoms. The van der Waals surface area contributed by atoms with Crippen LogP contribution in [0.15, 0.2) is 132 Å². The highest BCUT2D eigenvalue weighted by Crippen LogP contribution is 2.32. The molecule has 1 aliphatic heterocycles. The average Bonchev–Trinajstić information content (AvgIpc) is 3.36. The van der Waals surface area contributed by atoms with Gasteiger partial charge in [0.1, 0.15) is 18.2 Å². The number of anilines is 1. The molecule has 2 aromatic heterocycles. The van der Waals surface area contributed by atoms with Gasteiger partial charge in [-0.3, -0.25) is 23.9 Å². The highest BCUT2D eigenvalue weighted by atomic mass is 35.5. The molecule has 0 bridgehead atoms. The number of hydrogen-bond donors (Lipinski definition) is 2. The number of nitrogens with zero attached hydrogens (tertiary/aromatic N) is 6. The van der Waals surface area contributed by atoms with Crippen molar-refractivity contribution >= 4 is 50.8 Å². The number of pyridine rings is 1. The summed E-state index contributed by atoms with van der Waals surface area (Å²) in [7, 11) is 0. The van der Waals surface area contributed by atoms with E-state index in [1.54, 1.807) is 39.8 Å². The van der Waals surface area contributed by atoms with Crippen molar-refractivity contribution in [3.63, 3.8) is 0 Å². The molecule has 0 saturated carbocycles. The maximum atomic E-state index is 14.6. The first-order valence-electron chi connectivity index (χ1n) is 23.9. The average molecular weight is 950 g/mol. The van der Waals surface area contributed by atoms with Crippen molar-refractivity contribution in [1.29, 1.82) is 0 Å². The molecular formula is C55H61ClN8O5. The molecule has 69 heavy (non-hydrogen) atoms. The van der Waals surface area contributed by atoms with E-state index >= 15 is 0 Å². The Morgan fingerprint density at radius 1 is 0.797 bits per heavy atom. The Morgan fingerprint density at radius 2 is 1.52 bits per heavy atom. The SMILES string of the molecule is Cc1ccc(C(=O)N(CCCNC(=O)c2ccc(OCCCN3CCN(CCOc4ccc5ccccc5c4N)CC3)nc2)[C@@H](c2nc3cc(Cl)ccc3c(=O)n2Cc2ccccc2)C(C)C)cc1. The van der Waals surface area contributed by atoms with Crippen LogP contribution in [0.5, 0.6) is 11.6 Å². The molecule has 1 fully saturated rings. The molecule has 14 heteroatoms. The van der Waals surface area contributed by atoms with Gasteiger partial charge < -0.3 is 30.3 Å². The standard InChI is InChI=1S/C55H61ClN8O5/c1-38(2)51(52-60-47-35-44(56)21-22-46(47)55(67)64(52)37-40-11-5-4-6-12-40)63(54(66)42-17-15-39(3)16-18-42)27-9-25-58-53(65)43-20-24-49(59-36-43)69-33-10-26-61-28-30-62(31-29-61)32-34-68-48-23-19-41-13-7-8-14-45(41)50(48)57/h4-8,11-24,35-36,38,51H,9-10,25-34,37,57H2,1-3H3,(H,58,65)/t51-/m1/s1. The molecule has 358 valence electrons. The smallest absolute Gasteiger partial charge is 0.261 e. The number of halogens is 1. The highest BCUT2D eigenvalue weighted by Gasteiger charge is 2.33. The third-order valence-corrected chi connectivity index (χ3v) is 12.9. The largest absolute Gasteiger partial charge is 0.490 e. The zero-order valence-electron chi connectivity index (χ0n) is 39.7. The van der Waals surface area contributed by atoms with Gasteiger partial charge in [-0.25, -0.2) is 9.97 Å². The van der Waals surface area contributed by atoms with Gasteiger partial charge in [0.15, 0.2) is 0 Å². The van der Waals surface area contributed by atoms with E-state index in [2.05, 4.69) is 26.2 Å². The zero-order valence-corrected chi connectivity index (χ0v) is 40.4. The van der Waals surface area contributed by atoms with Crippen molar-refractivity contribution in [2.24, 2.45) is 5.92 Å². The Hall–Kier alpha value is -6.80. The van der Waals surface area contributed by atoms with E-state index in [-0.39, 0.29) is 36.4 Å². The fourth-order valence-electron chi connectivity index (χ4n) is 8.92. The number of carbonyl (C=O) groups is 2. The third-order valence-electron chi connectivity index (χ3n) is 12.7. The lowest BCUT2D eigenvalue weighted by atomic mass is 9.98. The van der Waals surface area contributed by atoms with Crippen molar-refractivity contribution in [3.8, 4) is 11.6 Å². The third kappa shape index (κ3) is 12.3. The fraction of sp³-hybridized carbons (Fsp3) is 0.327. The van der Waals surface area contributed by atoms with Crippen molar-refractivity contribution in [2.75, 3.05) is 71.3 Å². The van der Waals surface area contributed by atoms with Crippen LogP contribution in [0.1, 0.15) is 70.4 Å². The van der Waals surface area contributed by atoms with Crippen molar-refractivity contribution in [1.82, 2.24) is 34.6 Å². The predicted molar refractivity (Wildman–Crippen MR) is 274 cm³/mol. The lowest BCUT2D eigenvalue weighted by molar-refractivity contribution is 0.0601. The Labute approximate surface area is 408 Å². The number of nitrogens with two attached hydrogens (primary N) is 1. The highest BCUT2D eigenvalue weighted by molar-refractivity contribution is 6.31. The van der Waals surface area contributed by atoms with E-state index in [0.717, 1.165) is 73.3 Å². The lowest BCUT2D eigenvalue weighted by Crippen LogP contribution is -2.47. The zero-order chi connectivity index (χ0) is 48.3. The monoisotopic (exact) mass is 948 g/mol. The molecule has 7 aromatic rings. The summed E-state index contributed by atoms with van der Waals surface area (Å²) in [6, 6.07) is 37.2. The van der Waals surface area contributed by atoms with Crippen LogP contribution in [0.2, 0.25) is 5.02 Å². The number of ether oxygens (including phenoxy) is 2. The number of amides is 2. The van der Waals surface area contributed by atoms with Crippen LogP contribution in [-0.2, 0) is 6.54 Å². The normalized spacial score (nSPS) is 13.7. The molecule has 3 heterocycles. The quantitative estimate of drug-likeness (QED) is 0.0562. The Balaban J connectivity index is 0.830. The number of aryl methyl sites for hydroxylation is 1. The second kappa shape index (κ2) is 23.0. The van der Waals surface area contributed by atoms with Gasteiger partial charge in [-0.1, -0.05) is 104 Å². The van der Waals surface area contributed by atoms with Crippen LogP contribution in [0.4, 0.5) is 5.69 Å². The molecule has 2 amide bonds. The molecule has 0 aliphatic carbocycles. The van der Waals surface area contributed by atoms with Crippen LogP contribution < -0.4 is 26.1 Å². The fourth-order valence-corrected chi connectivity index (χ4v) is 9.09. The molecule has 0 unspecified atom stereocenters. The van der Waals surface area contributed by atoms with Gasteiger partial charge in [0, 0.05) is 80.6 Å². The number of nitrogens with one attached hydrogen (secondary N) is 1. The van der Waals surface area contributed by atoms with Gasteiger partial charge in [0.25, 0.3) is 17.4 Å². The van der Waals surface area contributed by atoms with Crippen molar-refractivity contribution in [2.45, 2.75) is 46.2 Å². The summed E-state index contributed by atoms with van der Waals surface area (Å²) in [6.45, 7) is 13.6. The van der Waals surface area contributed by atoms with E-state index in [4.69, 9.17) is 31.8 Å². The number of aromatic nitrogens is 3. The molecule has 0 radical (unpaired) electrons. The summed E-state index contributed by atoms with van der Waals surface area (Å²) < 4.78 is 13.7. The summed E-state index contributed by atoms with van der Waals surface area (Å²) >= 11 is 6.42. The van der Waals surface area contributed by atoms with Gasteiger partial charge in [0.05, 0.1) is 41.3 Å². The number of fused-ring (bicyclic) bond motifs is 2. The first-order chi connectivity index (χ1) is 33.5. The number of carbonyl (C=O) groups excluding carboxylic acids is 2. The van der Waals surface area contributed by atoms with E-state index in [0.29, 0.717) is 70.6 Å². The second-order valence-corrected chi connectivity index (χ2v) is 18.4. The van der Waals surface area contributed by atoms with E-state index < -0.39 is 6.04 Å². The molecular weight excluding hydrogens is 888 g/mol. The molecule has 5 aromatic carbocycles. The minimum atomic E-state index is -0.602. The Morgan fingerprint density at radius 3 is 2.26 bits per heavy atom. The molecule has 13 nitrogen and oxygen atoms in total. The van der Waals surface area contributed by atoms with Gasteiger partial charge in [-0.2, -0.15) is 0 Å². The van der Waals surface area contributed by atoms with Gasteiger partial charge >= 0.3 is 0 Å². The van der Waals surface area contributed by atoms with E-state index in [1.807, 2.05) is 106 Å². The summed E-state index contributed by atoms with van der Waals surface area (Å²) in [6.07, 6.45) is 2.81. The maximum Gasteiger partial charge on any atom is 0.261 e. The first-order valence-corrected chi connectivity index (χ1v) is 24.2. The van der Waals surface area contributed by atoms with Gasteiger partial charge in [-0.05, 0) is 79.1 Å².